The van der Waals surface area contributed by atoms with Gasteiger partial charge in [-0.1, -0.05) is 11.3 Å². The molecule has 3 nitrogen and oxygen atoms in total. The largest absolute Gasteiger partial charge is 0.375 e. The van der Waals surface area contributed by atoms with E-state index >= 15 is 0 Å². The Bertz CT molecular complexity index is 433. The average Bonchev–Trinajstić information content (AvgIpc) is 2.29. The van der Waals surface area contributed by atoms with Crippen LogP contribution in [0.5, 0.6) is 0 Å². The molecule has 12 heavy (non-hydrogen) atoms. The third kappa shape index (κ3) is 1.04. The van der Waals surface area contributed by atoms with Crippen molar-refractivity contribution in [3.8, 4) is 0 Å². The standard InChI is InChI=1S/C8H9N3S/c1-4-3-5(2)10-7-6(4)12-8(9)11-7/h3H,1-2H3,(H2,9,10,11). The molecule has 0 fully saturated rings. The number of pyridine rings is 1. The Morgan fingerprint density at radius 2 is 2.08 bits per heavy atom. The molecule has 4 heteroatoms. The molecule has 0 amide bonds. The van der Waals surface area contributed by atoms with E-state index in [0.717, 1.165) is 16.0 Å². The highest BCUT2D eigenvalue weighted by molar-refractivity contribution is 7.22. The Hall–Kier alpha value is -1.16. The molecule has 2 rings (SSSR count). The molecule has 0 spiro atoms. The summed E-state index contributed by atoms with van der Waals surface area (Å²) in [7, 11) is 0. The summed E-state index contributed by atoms with van der Waals surface area (Å²) in [4.78, 5) is 8.40. The van der Waals surface area contributed by atoms with Gasteiger partial charge in [0.15, 0.2) is 10.8 Å². The molecule has 0 saturated heterocycles. The summed E-state index contributed by atoms with van der Waals surface area (Å²) in [6.07, 6.45) is 0. The predicted octanol–water partition coefficient (Wildman–Crippen LogP) is 1.89. The minimum atomic E-state index is 0.589. The van der Waals surface area contributed by atoms with Crippen LogP contribution in [0.3, 0.4) is 0 Å². The van der Waals surface area contributed by atoms with Gasteiger partial charge in [0, 0.05) is 5.69 Å². The van der Waals surface area contributed by atoms with Crippen molar-refractivity contribution in [1.29, 1.82) is 0 Å². The summed E-state index contributed by atoms with van der Waals surface area (Å²) in [5.74, 6) is 0. The average molecular weight is 179 g/mol. The zero-order valence-electron chi connectivity index (χ0n) is 6.96. The van der Waals surface area contributed by atoms with E-state index in [0.29, 0.717) is 5.13 Å². The molecule has 0 radical (unpaired) electrons. The number of aryl methyl sites for hydroxylation is 2. The molecule has 62 valence electrons. The number of thiazole rings is 1. The third-order valence-electron chi connectivity index (χ3n) is 1.69. The lowest BCUT2D eigenvalue weighted by Gasteiger charge is -1.94. The molecule has 2 aromatic heterocycles. The number of hydrogen-bond donors (Lipinski definition) is 1. The smallest absolute Gasteiger partial charge is 0.182 e. The predicted molar refractivity (Wildman–Crippen MR) is 51.3 cm³/mol. The molecular formula is C8H9N3S. The molecule has 0 unspecified atom stereocenters. The van der Waals surface area contributed by atoms with Crippen LogP contribution in [0.2, 0.25) is 0 Å². The van der Waals surface area contributed by atoms with E-state index in [4.69, 9.17) is 5.73 Å². The van der Waals surface area contributed by atoms with E-state index in [1.807, 2.05) is 13.0 Å². The monoisotopic (exact) mass is 179 g/mol. The van der Waals surface area contributed by atoms with E-state index in [-0.39, 0.29) is 0 Å². The normalized spacial score (nSPS) is 10.8. The maximum Gasteiger partial charge on any atom is 0.182 e. The number of hydrogen-bond acceptors (Lipinski definition) is 4. The summed E-state index contributed by atoms with van der Waals surface area (Å²) in [6.45, 7) is 4.01. The van der Waals surface area contributed by atoms with Crippen LogP contribution in [0, 0.1) is 13.8 Å². The Morgan fingerprint density at radius 1 is 1.33 bits per heavy atom. The first-order chi connectivity index (χ1) is 5.66. The van der Waals surface area contributed by atoms with Gasteiger partial charge in [-0.2, -0.15) is 0 Å². The van der Waals surface area contributed by atoms with Crippen molar-refractivity contribution in [2.75, 3.05) is 5.73 Å². The molecule has 0 aliphatic carbocycles. The van der Waals surface area contributed by atoms with Crippen molar-refractivity contribution in [3.05, 3.63) is 17.3 Å². The van der Waals surface area contributed by atoms with Crippen LogP contribution in [-0.4, -0.2) is 9.97 Å². The Kier molecular flexibility index (Phi) is 1.51. The van der Waals surface area contributed by atoms with E-state index in [2.05, 4.69) is 16.9 Å². The Morgan fingerprint density at radius 3 is 2.83 bits per heavy atom. The number of rotatable bonds is 0. The molecule has 2 N–H and O–H groups in total. The lowest BCUT2D eigenvalue weighted by molar-refractivity contribution is 1.21. The fourth-order valence-electron chi connectivity index (χ4n) is 1.24. The summed E-state index contributed by atoms with van der Waals surface area (Å²) in [5.41, 5.74) is 8.54. The fourth-order valence-corrected chi connectivity index (χ4v) is 1.98. The van der Waals surface area contributed by atoms with Gasteiger partial charge in [-0.05, 0) is 25.5 Å². The minimum absolute atomic E-state index is 0.589. The third-order valence-corrected chi connectivity index (χ3v) is 2.70. The molecule has 0 aromatic carbocycles. The van der Waals surface area contributed by atoms with Gasteiger partial charge in [0.05, 0.1) is 4.70 Å². The second kappa shape index (κ2) is 2.42. The van der Waals surface area contributed by atoms with Crippen molar-refractivity contribution in [2.45, 2.75) is 13.8 Å². The summed E-state index contributed by atoms with van der Waals surface area (Å²) in [6, 6.07) is 2.04. The van der Waals surface area contributed by atoms with E-state index < -0.39 is 0 Å². The molecule has 0 aliphatic rings. The molecular weight excluding hydrogens is 170 g/mol. The van der Waals surface area contributed by atoms with E-state index in [1.54, 1.807) is 0 Å². The minimum Gasteiger partial charge on any atom is -0.375 e. The van der Waals surface area contributed by atoms with Gasteiger partial charge < -0.3 is 5.73 Å². The highest BCUT2D eigenvalue weighted by Gasteiger charge is 2.05. The van der Waals surface area contributed by atoms with Crippen LogP contribution in [0.15, 0.2) is 6.07 Å². The maximum absolute atomic E-state index is 5.58. The first-order valence-corrected chi connectivity index (χ1v) is 4.49. The van der Waals surface area contributed by atoms with Crippen LogP contribution >= 0.6 is 11.3 Å². The van der Waals surface area contributed by atoms with Crippen molar-refractivity contribution in [1.82, 2.24) is 9.97 Å². The zero-order valence-corrected chi connectivity index (χ0v) is 7.77. The lowest BCUT2D eigenvalue weighted by atomic mass is 10.2. The van der Waals surface area contributed by atoms with Crippen LogP contribution in [0.4, 0.5) is 5.13 Å². The topological polar surface area (TPSA) is 51.8 Å². The molecule has 0 atom stereocenters. The van der Waals surface area contributed by atoms with Crippen molar-refractivity contribution in [3.63, 3.8) is 0 Å². The van der Waals surface area contributed by atoms with E-state index in [1.165, 1.54) is 16.9 Å². The SMILES string of the molecule is Cc1cc(C)c2sc(N)nc2n1. The van der Waals surface area contributed by atoms with Gasteiger partial charge in [0.2, 0.25) is 0 Å². The van der Waals surface area contributed by atoms with Gasteiger partial charge in [-0.25, -0.2) is 9.97 Å². The second-order valence-corrected chi connectivity index (χ2v) is 3.82. The second-order valence-electron chi connectivity index (χ2n) is 2.79. The number of aromatic nitrogens is 2. The van der Waals surface area contributed by atoms with E-state index in [9.17, 15) is 0 Å². The summed E-state index contributed by atoms with van der Waals surface area (Å²) in [5, 5.41) is 0.589. The first kappa shape index (κ1) is 7.49. The Labute approximate surface area is 74.3 Å². The van der Waals surface area contributed by atoms with Crippen molar-refractivity contribution < 1.29 is 0 Å². The van der Waals surface area contributed by atoms with Crippen LogP contribution in [-0.2, 0) is 0 Å². The summed E-state index contributed by atoms with van der Waals surface area (Å²) < 4.78 is 1.10. The molecule has 2 heterocycles. The van der Waals surface area contributed by atoms with Gasteiger partial charge in [-0.15, -0.1) is 0 Å². The first-order valence-electron chi connectivity index (χ1n) is 3.67. The van der Waals surface area contributed by atoms with Gasteiger partial charge in [0.1, 0.15) is 0 Å². The molecule has 0 aliphatic heterocycles. The van der Waals surface area contributed by atoms with Crippen LogP contribution < -0.4 is 5.73 Å². The number of nitrogens with two attached hydrogens (primary N) is 1. The number of nitrogens with zero attached hydrogens (tertiary/aromatic N) is 2. The Balaban J connectivity index is 2.88. The molecule has 0 bridgehead atoms. The number of fused-ring (bicyclic) bond motifs is 1. The molecule has 0 saturated carbocycles. The molecule has 2 aromatic rings. The lowest BCUT2D eigenvalue weighted by Crippen LogP contribution is -1.85. The highest BCUT2D eigenvalue weighted by atomic mass is 32.1. The van der Waals surface area contributed by atoms with Crippen LogP contribution in [0.25, 0.3) is 10.3 Å². The van der Waals surface area contributed by atoms with Gasteiger partial charge in [0.25, 0.3) is 0 Å². The quantitative estimate of drug-likeness (QED) is 0.672. The van der Waals surface area contributed by atoms with Crippen LogP contribution in [0.1, 0.15) is 11.3 Å². The fraction of sp³-hybridized carbons (Fsp3) is 0.250. The number of anilines is 1. The van der Waals surface area contributed by atoms with Gasteiger partial charge >= 0.3 is 0 Å². The highest BCUT2D eigenvalue weighted by Crippen LogP contribution is 2.25. The maximum atomic E-state index is 5.58. The number of nitrogen functional groups attached to an aromatic ring is 1. The van der Waals surface area contributed by atoms with Crippen molar-refractivity contribution in [2.24, 2.45) is 0 Å². The van der Waals surface area contributed by atoms with Crippen molar-refractivity contribution >= 4 is 26.8 Å². The van der Waals surface area contributed by atoms with Gasteiger partial charge in [-0.3, -0.25) is 0 Å². The zero-order chi connectivity index (χ0) is 8.72. The summed E-state index contributed by atoms with van der Waals surface area (Å²) >= 11 is 1.49.